The average Bonchev–Trinajstić information content (AvgIpc) is 2.33. The maximum absolute atomic E-state index is 5.63. The SMILES string of the molecule is Clc1ccc2c(n1)S[C+]=N2. The molecule has 0 spiro atoms. The Labute approximate surface area is 67.3 Å². The molecule has 0 radical (unpaired) electrons. The number of rotatable bonds is 0. The number of thioether (sulfide) groups is 1. The van der Waals surface area contributed by atoms with E-state index >= 15 is 0 Å². The summed E-state index contributed by atoms with van der Waals surface area (Å²) >= 11 is 7.00. The molecule has 0 saturated carbocycles. The van der Waals surface area contributed by atoms with E-state index in [1.807, 2.05) is 6.07 Å². The molecule has 0 aromatic carbocycles. The zero-order valence-corrected chi connectivity index (χ0v) is 6.41. The first-order chi connectivity index (χ1) is 4.86. The molecule has 1 aromatic rings. The van der Waals surface area contributed by atoms with E-state index in [1.54, 1.807) is 6.07 Å². The fourth-order valence-electron chi connectivity index (χ4n) is 0.686. The monoisotopic (exact) mass is 169 g/mol. The van der Waals surface area contributed by atoms with Crippen molar-refractivity contribution in [2.75, 3.05) is 0 Å². The maximum Gasteiger partial charge on any atom is 0.274 e. The van der Waals surface area contributed by atoms with E-state index in [9.17, 15) is 0 Å². The van der Waals surface area contributed by atoms with Gasteiger partial charge in [0.1, 0.15) is 16.9 Å². The fraction of sp³-hybridized carbons (Fsp3) is 0. The molecule has 48 valence electrons. The molecule has 4 heteroatoms. The lowest BCUT2D eigenvalue weighted by Gasteiger charge is -1.84. The Balaban J connectivity index is 2.59. The largest absolute Gasteiger partial charge is 0.274 e. The van der Waals surface area contributed by atoms with Gasteiger partial charge in [-0.3, -0.25) is 0 Å². The summed E-state index contributed by atoms with van der Waals surface area (Å²) < 4.78 is 0. The van der Waals surface area contributed by atoms with Crippen molar-refractivity contribution in [1.29, 1.82) is 0 Å². The van der Waals surface area contributed by atoms with Gasteiger partial charge in [-0.15, -0.1) is 0 Å². The summed E-state index contributed by atoms with van der Waals surface area (Å²) in [7, 11) is 0. The molecule has 1 aromatic heterocycles. The van der Waals surface area contributed by atoms with Crippen LogP contribution in [-0.4, -0.2) is 10.5 Å². The summed E-state index contributed by atoms with van der Waals surface area (Å²) in [5, 5.41) is 1.35. The van der Waals surface area contributed by atoms with Crippen LogP contribution in [0.25, 0.3) is 0 Å². The van der Waals surface area contributed by atoms with E-state index in [0.29, 0.717) is 5.15 Å². The van der Waals surface area contributed by atoms with Crippen molar-refractivity contribution in [3.05, 3.63) is 17.3 Å². The molecule has 0 aliphatic carbocycles. The van der Waals surface area contributed by atoms with Gasteiger partial charge in [-0.25, -0.2) is 4.98 Å². The summed E-state index contributed by atoms with van der Waals surface area (Å²) in [6, 6.07) is 3.55. The molecule has 2 nitrogen and oxygen atoms in total. The van der Waals surface area contributed by atoms with Crippen LogP contribution in [0, 0.1) is 0 Å². The molecule has 2 heterocycles. The van der Waals surface area contributed by atoms with E-state index in [1.165, 1.54) is 11.8 Å². The van der Waals surface area contributed by atoms with Crippen LogP contribution in [0.5, 0.6) is 0 Å². The molecule has 0 fully saturated rings. The molecule has 10 heavy (non-hydrogen) atoms. The van der Waals surface area contributed by atoms with Crippen LogP contribution in [0.3, 0.4) is 0 Å². The van der Waals surface area contributed by atoms with Gasteiger partial charge in [0.15, 0.2) is 0 Å². The third-order valence-corrected chi connectivity index (χ3v) is 2.00. The fourth-order valence-corrected chi connectivity index (χ4v) is 1.48. The van der Waals surface area contributed by atoms with Crippen LogP contribution in [0.15, 0.2) is 22.2 Å². The topological polar surface area (TPSA) is 25.2 Å². The minimum Gasteiger partial charge on any atom is -0.204 e. The highest BCUT2D eigenvalue weighted by Crippen LogP contribution is 2.32. The van der Waals surface area contributed by atoms with Gasteiger partial charge < -0.3 is 0 Å². The Morgan fingerprint density at radius 2 is 2.40 bits per heavy atom. The van der Waals surface area contributed by atoms with Gasteiger partial charge in [0.05, 0.1) is 6.07 Å². The second kappa shape index (κ2) is 2.20. The Bertz CT molecular complexity index is 298. The molecular formula is C6H2ClN2S+. The average molecular weight is 170 g/mol. The third kappa shape index (κ3) is 0.886. The maximum atomic E-state index is 5.63. The quantitative estimate of drug-likeness (QED) is 0.440. The van der Waals surface area contributed by atoms with Gasteiger partial charge >= 0.3 is 0 Å². The molecule has 0 atom stereocenters. The number of aromatic nitrogens is 1. The van der Waals surface area contributed by atoms with Crippen molar-refractivity contribution in [2.24, 2.45) is 4.99 Å². The first-order valence-electron chi connectivity index (χ1n) is 2.65. The van der Waals surface area contributed by atoms with Crippen molar-refractivity contribution < 1.29 is 0 Å². The lowest BCUT2D eigenvalue weighted by Crippen LogP contribution is -1.75. The van der Waals surface area contributed by atoms with Crippen LogP contribution in [0.2, 0.25) is 5.15 Å². The molecule has 1 aliphatic rings. The van der Waals surface area contributed by atoms with Crippen molar-refractivity contribution in [2.45, 2.75) is 5.03 Å². The third-order valence-electron chi connectivity index (χ3n) is 1.11. The Hall–Kier alpha value is -0.630. The Morgan fingerprint density at radius 3 is 3.30 bits per heavy atom. The first-order valence-corrected chi connectivity index (χ1v) is 3.85. The summed E-state index contributed by atoms with van der Waals surface area (Å²) in [5.41, 5.74) is 3.59. The normalized spacial score (nSPS) is 12.9. The molecule has 0 amide bonds. The van der Waals surface area contributed by atoms with E-state index < -0.39 is 0 Å². The minimum atomic E-state index is 0.505. The van der Waals surface area contributed by atoms with Crippen LogP contribution in [0.4, 0.5) is 5.69 Å². The molecule has 0 bridgehead atoms. The number of nitrogens with zero attached hydrogens (tertiary/aromatic N) is 2. The van der Waals surface area contributed by atoms with Gasteiger partial charge in [-0.2, -0.15) is 0 Å². The van der Waals surface area contributed by atoms with E-state index in [-0.39, 0.29) is 0 Å². The van der Waals surface area contributed by atoms with Crippen molar-refractivity contribution in [3.63, 3.8) is 0 Å². The Kier molecular flexibility index (Phi) is 1.34. The molecule has 0 N–H and O–H groups in total. The summed E-state index contributed by atoms with van der Waals surface area (Å²) in [4.78, 5) is 7.96. The Morgan fingerprint density at radius 1 is 1.50 bits per heavy atom. The van der Waals surface area contributed by atoms with Gasteiger partial charge in [0.25, 0.3) is 5.55 Å². The zero-order valence-electron chi connectivity index (χ0n) is 4.84. The standard InChI is InChI=1S/C6H2ClN2S/c7-5-2-1-4-6(9-5)10-3-8-4/h1-2H/q+1. The van der Waals surface area contributed by atoms with Crippen molar-refractivity contribution in [3.8, 4) is 0 Å². The molecule has 2 rings (SSSR count). The molecule has 0 unspecified atom stereocenters. The predicted octanol–water partition coefficient (Wildman–Crippen LogP) is 2.38. The van der Waals surface area contributed by atoms with Gasteiger partial charge in [0, 0.05) is 4.99 Å². The minimum absolute atomic E-state index is 0.505. The lowest BCUT2D eigenvalue weighted by molar-refractivity contribution is 1.14. The van der Waals surface area contributed by atoms with Crippen molar-refractivity contribution >= 4 is 34.6 Å². The van der Waals surface area contributed by atoms with Gasteiger partial charge in [0.2, 0.25) is 10.7 Å². The molecule has 0 saturated heterocycles. The summed E-state index contributed by atoms with van der Waals surface area (Å²) in [6.07, 6.45) is 0. The van der Waals surface area contributed by atoms with E-state index in [4.69, 9.17) is 11.6 Å². The number of pyridine rings is 1. The second-order valence-electron chi connectivity index (χ2n) is 1.76. The van der Waals surface area contributed by atoms with Crippen molar-refractivity contribution in [1.82, 2.24) is 4.98 Å². The number of halogens is 1. The van der Waals surface area contributed by atoms with E-state index in [2.05, 4.69) is 15.5 Å². The summed E-state index contributed by atoms with van der Waals surface area (Å²) in [6.45, 7) is 0. The van der Waals surface area contributed by atoms with Crippen LogP contribution in [0.1, 0.15) is 0 Å². The van der Waals surface area contributed by atoms with Crippen LogP contribution >= 0.6 is 23.4 Å². The highest BCUT2D eigenvalue weighted by molar-refractivity contribution is 8.12. The highest BCUT2D eigenvalue weighted by Gasteiger charge is 2.21. The van der Waals surface area contributed by atoms with E-state index in [0.717, 1.165) is 10.7 Å². The highest BCUT2D eigenvalue weighted by atomic mass is 35.5. The lowest BCUT2D eigenvalue weighted by atomic mass is 10.4. The predicted molar refractivity (Wildman–Crippen MR) is 42.2 cm³/mol. The van der Waals surface area contributed by atoms with Gasteiger partial charge in [-0.05, 0) is 6.07 Å². The zero-order chi connectivity index (χ0) is 6.97. The first kappa shape index (κ1) is 6.10. The smallest absolute Gasteiger partial charge is 0.204 e. The number of aliphatic imine (C=N–C) groups is 1. The number of hydrogen-bond donors (Lipinski definition) is 0. The summed E-state index contributed by atoms with van der Waals surface area (Å²) in [5.74, 6) is 0. The second-order valence-corrected chi connectivity index (χ2v) is 2.92. The molecule has 1 aliphatic heterocycles. The molecular weight excluding hydrogens is 168 g/mol. The number of fused-ring (bicyclic) bond motifs is 1. The van der Waals surface area contributed by atoms with Crippen LogP contribution < -0.4 is 0 Å². The number of hydrogen-bond acceptors (Lipinski definition) is 3. The van der Waals surface area contributed by atoms with Crippen LogP contribution in [-0.2, 0) is 0 Å². The van der Waals surface area contributed by atoms with Gasteiger partial charge in [-0.1, -0.05) is 11.6 Å².